The van der Waals surface area contributed by atoms with Crippen molar-refractivity contribution in [3.63, 3.8) is 0 Å². The summed E-state index contributed by atoms with van der Waals surface area (Å²) >= 11 is 0. The first kappa shape index (κ1) is 14.1. The quantitative estimate of drug-likeness (QED) is 0.672. The van der Waals surface area contributed by atoms with Crippen LogP contribution in [0.15, 0.2) is 30.7 Å². The number of aromatic nitrogens is 4. The highest BCUT2D eigenvalue weighted by Gasteiger charge is 2.43. The van der Waals surface area contributed by atoms with Crippen molar-refractivity contribution in [2.24, 2.45) is 11.8 Å². The molecule has 3 aromatic rings. The number of hydrogen-bond donors (Lipinski definition) is 3. The smallest absolute Gasteiger partial charge is 0.230 e. The van der Waals surface area contributed by atoms with Gasteiger partial charge in [-0.15, -0.1) is 0 Å². The molecule has 1 amide bonds. The SMILES string of the molecule is N#CC1CC1C(=O)Nc1cc2cc(-c3cn[nH]c3)nc(N)c2cn1. The largest absolute Gasteiger partial charge is 0.383 e. The van der Waals surface area contributed by atoms with Crippen LogP contribution in [0.4, 0.5) is 11.6 Å². The molecule has 24 heavy (non-hydrogen) atoms. The molecule has 4 N–H and O–H groups in total. The lowest BCUT2D eigenvalue weighted by Gasteiger charge is -2.08. The maximum Gasteiger partial charge on any atom is 0.230 e. The first-order chi connectivity index (χ1) is 11.7. The molecular weight excluding hydrogens is 306 g/mol. The number of nitrogens with zero attached hydrogens (tertiary/aromatic N) is 4. The second-order valence-corrected chi connectivity index (χ2v) is 5.74. The van der Waals surface area contributed by atoms with E-state index in [-0.39, 0.29) is 17.7 Å². The van der Waals surface area contributed by atoms with Crippen molar-refractivity contribution >= 4 is 28.3 Å². The number of nitrogen functional groups attached to an aromatic ring is 1. The van der Waals surface area contributed by atoms with Crippen molar-refractivity contribution in [3.05, 3.63) is 30.7 Å². The lowest BCUT2D eigenvalue weighted by molar-refractivity contribution is -0.117. The topological polar surface area (TPSA) is 133 Å². The number of aromatic amines is 1. The third-order valence-corrected chi connectivity index (χ3v) is 4.08. The summed E-state index contributed by atoms with van der Waals surface area (Å²) in [6, 6.07) is 5.71. The van der Waals surface area contributed by atoms with E-state index >= 15 is 0 Å². The number of nitrogens with one attached hydrogen (secondary N) is 2. The standard InChI is InChI=1S/C16H13N7O/c17-4-9-1-11(9)16(24)23-14-3-8-2-13(10-5-20-21-6-10)22-15(18)12(8)7-19-14/h2-3,5-7,9,11H,1H2,(H2,18,22)(H,20,21)(H,19,23,24). The molecule has 1 saturated carbocycles. The lowest BCUT2D eigenvalue weighted by Crippen LogP contribution is -2.15. The summed E-state index contributed by atoms with van der Waals surface area (Å²) in [6.45, 7) is 0. The summed E-state index contributed by atoms with van der Waals surface area (Å²) in [7, 11) is 0. The van der Waals surface area contributed by atoms with E-state index in [9.17, 15) is 4.79 Å². The number of fused-ring (bicyclic) bond motifs is 1. The summed E-state index contributed by atoms with van der Waals surface area (Å²) in [5.41, 5.74) is 7.51. The third kappa shape index (κ3) is 2.42. The highest BCUT2D eigenvalue weighted by molar-refractivity contribution is 5.98. The van der Waals surface area contributed by atoms with Gasteiger partial charge in [-0.3, -0.25) is 9.89 Å². The maximum absolute atomic E-state index is 12.0. The second-order valence-electron chi connectivity index (χ2n) is 5.74. The molecule has 0 spiro atoms. The molecule has 8 nitrogen and oxygen atoms in total. The van der Waals surface area contributed by atoms with Crippen molar-refractivity contribution in [2.75, 3.05) is 11.1 Å². The van der Waals surface area contributed by atoms with Crippen LogP contribution in [0, 0.1) is 23.2 Å². The number of H-pyrrole nitrogens is 1. The van der Waals surface area contributed by atoms with Crippen LogP contribution in [0.2, 0.25) is 0 Å². The summed E-state index contributed by atoms with van der Waals surface area (Å²) < 4.78 is 0. The highest BCUT2D eigenvalue weighted by Crippen LogP contribution is 2.38. The molecule has 0 aromatic carbocycles. The van der Waals surface area contributed by atoms with Gasteiger partial charge in [0.05, 0.1) is 29.8 Å². The minimum Gasteiger partial charge on any atom is -0.383 e. The molecule has 8 heteroatoms. The van der Waals surface area contributed by atoms with Crippen LogP contribution in [-0.4, -0.2) is 26.1 Å². The zero-order valence-corrected chi connectivity index (χ0v) is 12.5. The van der Waals surface area contributed by atoms with Crippen LogP contribution < -0.4 is 11.1 Å². The Hall–Kier alpha value is -3.47. The van der Waals surface area contributed by atoms with E-state index in [1.807, 2.05) is 6.07 Å². The van der Waals surface area contributed by atoms with Gasteiger partial charge < -0.3 is 11.1 Å². The van der Waals surface area contributed by atoms with Gasteiger partial charge in [0, 0.05) is 23.3 Å². The van der Waals surface area contributed by atoms with Crippen molar-refractivity contribution in [3.8, 4) is 17.3 Å². The van der Waals surface area contributed by atoms with E-state index in [0.717, 1.165) is 10.9 Å². The van der Waals surface area contributed by atoms with Crippen LogP contribution in [-0.2, 0) is 4.79 Å². The molecule has 0 radical (unpaired) electrons. The normalized spacial score (nSPS) is 19.0. The molecule has 2 atom stereocenters. The van der Waals surface area contributed by atoms with E-state index in [2.05, 4.69) is 31.6 Å². The Kier molecular flexibility index (Phi) is 3.13. The fourth-order valence-electron chi connectivity index (χ4n) is 2.63. The number of anilines is 2. The predicted molar refractivity (Wildman–Crippen MR) is 87.4 cm³/mol. The number of carbonyl (C=O) groups excluding carboxylic acids is 1. The Morgan fingerprint density at radius 1 is 1.42 bits per heavy atom. The Labute approximate surface area is 136 Å². The van der Waals surface area contributed by atoms with Crippen LogP contribution in [0.3, 0.4) is 0 Å². The minimum atomic E-state index is -0.239. The van der Waals surface area contributed by atoms with E-state index in [1.165, 1.54) is 0 Å². The molecule has 118 valence electrons. The predicted octanol–water partition coefficient (Wildman–Crippen LogP) is 1.70. The maximum atomic E-state index is 12.0. The number of nitrogens with two attached hydrogens (primary N) is 1. The second kappa shape index (κ2) is 5.31. The van der Waals surface area contributed by atoms with Gasteiger partial charge >= 0.3 is 0 Å². The Bertz CT molecular complexity index is 974. The fourth-order valence-corrected chi connectivity index (χ4v) is 2.63. The Morgan fingerprint density at radius 2 is 2.29 bits per heavy atom. The molecule has 1 aliphatic rings. The zero-order chi connectivity index (χ0) is 16.7. The first-order valence-electron chi connectivity index (χ1n) is 7.41. The number of hydrogen-bond acceptors (Lipinski definition) is 6. The van der Waals surface area contributed by atoms with E-state index < -0.39 is 0 Å². The van der Waals surface area contributed by atoms with Crippen LogP contribution in [0.5, 0.6) is 0 Å². The van der Waals surface area contributed by atoms with Crippen molar-refractivity contribution in [1.29, 1.82) is 5.26 Å². The van der Waals surface area contributed by atoms with Crippen LogP contribution in [0.1, 0.15) is 6.42 Å². The molecule has 2 unspecified atom stereocenters. The third-order valence-electron chi connectivity index (χ3n) is 4.08. The summed E-state index contributed by atoms with van der Waals surface area (Å²) in [5, 5.41) is 19.7. The average Bonchev–Trinajstić information content (AvgIpc) is 3.17. The van der Waals surface area contributed by atoms with Gasteiger partial charge in [-0.2, -0.15) is 10.4 Å². The average molecular weight is 319 g/mol. The van der Waals surface area contributed by atoms with Crippen molar-refractivity contribution in [2.45, 2.75) is 6.42 Å². The molecule has 0 aliphatic heterocycles. The fraction of sp³-hybridized carbons (Fsp3) is 0.188. The summed E-state index contributed by atoms with van der Waals surface area (Å²) in [4.78, 5) is 20.6. The Morgan fingerprint density at radius 3 is 3.00 bits per heavy atom. The van der Waals surface area contributed by atoms with Crippen LogP contribution in [0.25, 0.3) is 22.0 Å². The Balaban J connectivity index is 1.67. The van der Waals surface area contributed by atoms with E-state index in [4.69, 9.17) is 11.0 Å². The summed E-state index contributed by atoms with van der Waals surface area (Å²) in [6.07, 6.45) is 5.58. The van der Waals surface area contributed by atoms with Crippen molar-refractivity contribution < 1.29 is 4.79 Å². The summed E-state index contributed by atoms with van der Waals surface area (Å²) in [5.74, 6) is 0.195. The molecule has 3 aromatic heterocycles. The van der Waals surface area contributed by atoms with Gasteiger partial charge in [-0.25, -0.2) is 9.97 Å². The number of rotatable bonds is 3. The van der Waals surface area contributed by atoms with E-state index in [1.54, 1.807) is 24.7 Å². The molecule has 1 aliphatic carbocycles. The first-order valence-corrected chi connectivity index (χ1v) is 7.41. The van der Waals surface area contributed by atoms with Gasteiger partial charge in [0.1, 0.15) is 11.6 Å². The van der Waals surface area contributed by atoms with Crippen molar-refractivity contribution in [1.82, 2.24) is 20.2 Å². The molecular formula is C16H13N7O. The number of amides is 1. The van der Waals surface area contributed by atoms with Gasteiger partial charge in [0.15, 0.2) is 0 Å². The zero-order valence-electron chi connectivity index (χ0n) is 12.5. The monoisotopic (exact) mass is 319 g/mol. The molecule has 3 heterocycles. The highest BCUT2D eigenvalue weighted by atomic mass is 16.2. The molecule has 4 rings (SSSR count). The van der Waals surface area contributed by atoms with Gasteiger partial charge in [0.2, 0.25) is 5.91 Å². The lowest BCUT2D eigenvalue weighted by atomic mass is 10.1. The number of pyridine rings is 2. The van der Waals surface area contributed by atoms with Gasteiger partial charge in [0.25, 0.3) is 0 Å². The van der Waals surface area contributed by atoms with E-state index in [0.29, 0.717) is 29.1 Å². The number of nitriles is 1. The van der Waals surface area contributed by atoms with Gasteiger partial charge in [-0.05, 0) is 23.9 Å². The van der Waals surface area contributed by atoms with Crippen LogP contribution >= 0.6 is 0 Å². The van der Waals surface area contributed by atoms with Gasteiger partial charge in [-0.1, -0.05) is 0 Å². The molecule has 0 bridgehead atoms. The molecule has 0 saturated heterocycles. The minimum absolute atomic E-state index is 0.175. The molecule has 1 fully saturated rings. The number of carbonyl (C=O) groups is 1.